The van der Waals surface area contributed by atoms with E-state index in [1.54, 1.807) is 6.07 Å². The van der Waals surface area contributed by atoms with Gasteiger partial charge in [0.15, 0.2) is 11.1 Å². The SMILES string of the molecule is N#Cc1cnc(N2CCC(C(=O)O)(C(F)(F)F)C2)cn1. The van der Waals surface area contributed by atoms with E-state index in [0.717, 1.165) is 12.4 Å². The van der Waals surface area contributed by atoms with Crippen molar-refractivity contribution >= 4 is 11.8 Å². The molecule has 1 N–H and O–H groups in total. The minimum atomic E-state index is -4.84. The van der Waals surface area contributed by atoms with E-state index in [2.05, 4.69) is 9.97 Å². The quantitative estimate of drug-likeness (QED) is 0.878. The van der Waals surface area contributed by atoms with Crippen molar-refractivity contribution in [2.45, 2.75) is 12.6 Å². The van der Waals surface area contributed by atoms with Crippen LogP contribution in [0.25, 0.3) is 0 Å². The number of rotatable bonds is 2. The zero-order chi connectivity index (χ0) is 15.0. The monoisotopic (exact) mass is 286 g/mol. The van der Waals surface area contributed by atoms with Crippen molar-refractivity contribution in [1.29, 1.82) is 5.26 Å². The second-order valence-electron chi connectivity index (χ2n) is 4.43. The molecule has 0 radical (unpaired) electrons. The summed E-state index contributed by atoms with van der Waals surface area (Å²) in [7, 11) is 0. The molecule has 1 aromatic rings. The summed E-state index contributed by atoms with van der Waals surface area (Å²) in [6, 6.07) is 1.74. The van der Waals surface area contributed by atoms with E-state index in [1.165, 1.54) is 4.90 Å². The van der Waals surface area contributed by atoms with Crippen LogP contribution in [0.2, 0.25) is 0 Å². The number of carboxylic acid groups (broad SMARTS) is 1. The average molecular weight is 286 g/mol. The molecular weight excluding hydrogens is 277 g/mol. The van der Waals surface area contributed by atoms with Gasteiger partial charge in [-0.15, -0.1) is 0 Å². The van der Waals surface area contributed by atoms with Gasteiger partial charge in [0.25, 0.3) is 0 Å². The number of carboxylic acids is 1. The molecule has 6 nitrogen and oxygen atoms in total. The lowest BCUT2D eigenvalue weighted by atomic mass is 9.86. The highest BCUT2D eigenvalue weighted by molar-refractivity contribution is 5.77. The molecule has 106 valence electrons. The zero-order valence-corrected chi connectivity index (χ0v) is 10.1. The van der Waals surface area contributed by atoms with Crippen LogP contribution in [-0.4, -0.2) is 40.3 Å². The Morgan fingerprint density at radius 2 is 2.15 bits per heavy atom. The Morgan fingerprint density at radius 1 is 1.45 bits per heavy atom. The molecular formula is C11H9F3N4O2. The van der Waals surface area contributed by atoms with Gasteiger partial charge in [-0.1, -0.05) is 0 Å². The molecule has 1 aliphatic rings. The molecule has 2 rings (SSSR count). The summed E-state index contributed by atoms with van der Waals surface area (Å²) in [5.74, 6) is -1.77. The summed E-state index contributed by atoms with van der Waals surface area (Å²) in [5.41, 5.74) is -2.75. The van der Waals surface area contributed by atoms with Crippen LogP contribution in [0.15, 0.2) is 12.4 Å². The Morgan fingerprint density at radius 3 is 2.55 bits per heavy atom. The van der Waals surface area contributed by atoms with Crippen molar-refractivity contribution in [2.24, 2.45) is 5.41 Å². The Hall–Kier alpha value is -2.37. The fourth-order valence-corrected chi connectivity index (χ4v) is 2.07. The van der Waals surface area contributed by atoms with E-state index in [4.69, 9.17) is 10.4 Å². The first kappa shape index (κ1) is 14.0. The molecule has 1 aromatic heterocycles. The van der Waals surface area contributed by atoms with Gasteiger partial charge in [-0.05, 0) is 6.42 Å². The first-order chi connectivity index (χ1) is 9.30. The van der Waals surface area contributed by atoms with Crippen molar-refractivity contribution < 1.29 is 23.1 Å². The molecule has 1 saturated heterocycles. The number of aromatic nitrogens is 2. The maximum absolute atomic E-state index is 13.0. The normalized spacial score (nSPS) is 22.6. The Labute approximate surface area is 111 Å². The van der Waals surface area contributed by atoms with Crippen LogP contribution in [0.5, 0.6) is 0 Å². The second kappa shape index (κ2) is 4.63. The van der Waals surface area contributed by atoms with Crippen LogP contribution in [0.1, 0.15) is 12.1 Å². The first-order valence-electron chi connectivity index (χ1n) is 5.57. The van der Waals surface area contributed by atoms with E-state index in [-0.39, 0.29) is 18.1 Å². The van der Waals surface area contributed by atoms with E-state index in [0.29, 0.717) is 0 Å². The molecule has 1 aliphatic heterocycles. The minimum Gasteiger partial charge on any atom is -0.481 e. The lowest BCUT2D eigenvalue weighted by Crippen LogP contribution is -2.47. The van der Waals surface area contributed by atoms with Crippen LogP contribution in [0.4, 0.5) is 19.0 Å². The standard InChI is InChI=1S/C11H9F3N4O2/c12-11(13,14)10(9(19)20)1-2-18(6-10)8-5-16-7(3-15)4-17-8/h4-5H,1-2,6H2,(H,19,20). The highest BCUT2D eigenvalue weighted by Crippen LogP contribution is 2.46. The Bertz CT molecular complexity index is 567. The summed E-state index contributed by atoms with van der Waals surface area (Å²) in [4.78, 5) is 19.7. The van der Waals surface area contributed by atoms with Crippen molar-refractivity contribution in [3.8, 4) is 6.07 Å². The predicted octanol–water partition coefficient (Wildman–Crippen LogP) is 1.19. The van der Waals surface area contributed by atoms with E-state index in [9.17, 15) is 18.0 Å². The first-order valence-corrected chi connectivity index (χ1v) is 5.57. The summed E-state index contributed by atoms with van der Waals surface area (Å²) in [5, 5.41) is 17.5. The van der Waals surface area contributed by atoms with E-state index >= 15 is 0 Å². The van der Waals surface area contributed by atoms with Crippen molar-refractivity contribution in [2.75, 3.05) is 18.0 Å². The van der Waals surface area contributed by atoms with Gasteiger partial charge in [0.05, 0.1) is 12.4 Å². The molecule has 9 heteroatoms. The predicted molar refractivity (Wildman–Crippen MR) is 59.7 cm³/mol. The van der Waals surface area contributed by atoms with Gasteiger partial charge in [0.2, 0.25) is 0 Å². The largest absolute Gasteiger partial charge is 0.481 e. The summed E-state index contributed by atoms with van der Waals surface area (Å²) in [6.45, 7) is -0.807. The van der Waals surface area contributed by atoms with Gasteiger partial charge >= 0.3 is 12.1 Å². The molecule has 0 aliphatic carbocycles. The molecule has 2 heterocycles. The van der Waals surface area contributed by atoms with Crippen LogP contribution >= 0.6 is 0 Å². The third-order valence-electron chi connectivity index (χ3n) is 3.30. The van der Waals surface area contributed by atoms with Gasteiger partial charge in [-0.25, -0.2) is 9.97 Å². The van der Waals surface area contributed by atoms with Gasteiger partial charge in [0, 0.05) is 13.1 Å². The number of nitriles is 1. The number of hydrogen-bond acceptors (Lipinski definition) is 5. The lowest BCUT2D eigenvalue weighted by Gasteiger charge is -2.27. The van der Waals surface area contributed by atoms with Gasteiger partial charge < -0.3 is 10.0 Å². The molecule has 1 fully saturated rings. The van der Waals surface area contributed by atoms with Crippen LogP contribution in [0, 0.1) is 16.7 Å². The van der Waals surface area contributed by atoms with Crippen molar-refractivity contribution in [3.63, 3.8) is 0 Å². The zero-order valence-electron chi connectivity index (χ0n) is 10.1. The maximum atomic E-state index is 13.0. The number of hydrogen-bond donors (Lipinski definition) is 1. The number of aliphatic carboxylic acids is 1. The number of halogens is 3. The fourth-order valence-electron chi connectivity index (χ4n) is 2.07. The Balaban J connectivity index is 2.26. The van der Waals surface area contributed by atoms with Gasteiger partial charge in [-0.3, -0.25) is 4.79 Å². The highest BCUT2D eigenvalue weighted by Gasteiger charge is 2.63. The molecule has 0 spiro atoms. The van der Waals surface area contributed by atoms with Crippen molar-refractivity contribution in [1.82, 2.24) is 9.97 Å². The molecule has 0 saturated carbocycles. The second-order valence-corrected chi connectivity index (χ2v) is 4.43. The number of carbonyl (C=O) groups is 1. The molecule has 20 heavy (non-hydrogen) atoms. The molecule has 1 unspecified atom stereocenters. The van der Waals surface area contributed by atoms with Crippen LogP contribution in [-0.2, 0) is 4.79 Å². The van der Waals surface area contributed by atoms with Crippen LogP contribution in [0.3, 0.4) is 0 Å². The maximum Gasteiger partial charge on any atom is 0.406 e. The van der Waals surface area contributed by atoms with Gasteiger partial charge in [0.1, 0.15) is 11.9 Å². The molecule has 1 atom stereocenters. The van der Waals surface area contributed by atoms with E-state index in [1.807, 2.05) is 0 Å². The third-order valence-corrected chi connectivity index (χ3v) is 3.30. The number of alkyl halides is 3. The smallest absolute Gasteiger partial charge is 0.406 e. The highest BCUT2D eigenvalue weighted by atomic mass is 19.4. The summed E-state index contributed by atoms with van der Waals surface area (Å²) in [6.07, 6.45) is -3.10. The average Bonchev–Trinajstić information content (AvgIpc) is 2.85. The number of anilines is 1. The van der Waals surface area contributed by atoms with Crippen LogP contribution < -0.4 is 4.90 Å². The molecule has 0 aromatic carbocycles. The number of nitrogens with zero attached hydrogens (tertiary/aromatic N) is 4. The summed E-state index contributed by atoms with van der Waals surface area (Å²) < 4.78 is 39.0. The molecule has 0 amide bonds. The lowest BCUT2D eigenvalue weighted by molar-refractivity contribution is -0.225. The van der Waals surface area contributed by atoms with E-state index < -0.39 is 30.5 Å². The molecule has 0 bridgehead atoms. The third kappa shape index (κ3) is 2.13. The topological polar surface area (TPSA) is 90.1 Å². The minimum absolute atomic E-state index is 0.0354. The van der Waals surface area contributed by atoms with Crippen molar-refractivity contribution in [3.05, 3.63) is 18.1 Å². The fraction of sp³-hybridized carbons (Fsp3) is 0.455. The van der Waals surface area contributed by atoms with Gasteiger partial charge in [-0.2, -0.15) is 18.4 Å². The Kier molecular flexibility index (Phi) is 3.25. The summed E-state index contributed by atoms with van der Waals surface area (Å²) >= 11 is 0.